The van der Waals surface area contributed by atoms with Crippen molar-refractivity contribution < 1.29 is 14.4 Å². The summed E-state index contributed by atoms with van der Waals surface area (Å²) in [6, 6.07) is 0.0123. The van der Waals surface area contributed by atoms with Crippen molar-refractivity contribution in [2.24, 2.45) is 0 Å². The summed E-state index contributed by atoms with van der Waals surface area (Å²) in [5.74, 6) is 0.00259. The van der Waals surface area contributed by atoms with Gasteiger partial charge in [-0.05, 0) is 12.8 Å². The number of aromatic nitrogens is 2. The third-order valence-electron chi connectivity index (χ3n) is 2.49. The minimum atomic E-state index is -0.331. The van der Waals surface area contributed by atoms with E-state index in [0.29, 0.717) is 0 Å². The number of nitrogens with zero attached hydrogens (tertiary/aromatic N) is 2. The Kier molecular flexibility index (Phi) is 4.16. The zero-order chi connectivity index (χ0) is 9.97. The van der Waals surface area contributed by atoms with Crippen LogP contribution in [0.25, 0.3) is 5.73 Å². The van der Waals surface area contributed by atoms with Crippen molar-refractivity contribution in [3.8, 4) is 0 Å². The average molecular weight is 235 g/mol. The largest absolute Gasteiger partial charge is 0.660 e. The molecule has 2 atom stereocenters. The number of aliphatic hydroxyl groups excluding tert-OH is 1. The van der Waals surface area contributed by atoms with E-state index < -0.39 is 0 Å². The molecular formula is C8H15ClN4O2. The van der Waals surface area contributed by atoms with Crippen LogP contribution >= 0.6 is 12.4 Å². The first-order chi connectivity index (χ1) is 6.75. The van der Waals surface area contributed by atoms with Gasteiger partial charge in [0, 0.05) is 0 Å². The number of rotatable bonds is 2. The van der Waals surface area contributed by atoms with E-state index in [1.807, 2.05) is 0 Å². The maximum atomic E-state index is 9.66. The second kappa shape index (κ2) is 5.18. The minimum Gasteiger partial charge on any atom is -0.660 e. The number of hydrogen-bond donors (Lipinski definition) is 2. The lowest BCUT2D eigenvalue weighted by atomic mass is 9.93. The first-order valence-electron chi connectivity index (χ1n) is 4.80. The summed E-state index contributed by atoms with van der Waals surface area (Å²) < 4.78 is 4.58. The molecule has 2 rings (SSSR count). The van der Waals surface area contributed by atoms with E-state index in [1.165, 1.54) is 11.0 Å². The van der Waals surface area contributed by atoms with E-state index in [2.05, 4.69) is 15.2 Å². The maximum absolute atomic E-state index is 9.66. The molecule has 3 N–H and O–H groups in total. The van der Waals surface area contributed by atoms with Crippen molar-refractivity contribution >= 4 is 18.3 Å². The second-order valence-electron chi connectivity index (χ2n) is 3.60. The monoisotopic (exact) mass is 234 g/mol. The Morgan fingerprint density at radius 3 is 2.87 bits per heavy atom. The predicted molar refractivity (Wildman–Crippen MR) is 55.6 cm³/mol. The van der Waals surface area contributed by atoms with E-state index in [1.54, 1.807) is 0 Å². The van der Waals surface area contributed by atoms with Gasteiger partial charge >= 0.3 is 0 Å². The highest BCUT2D eigenvalue weighted by Crippen LogP contribution is 2.18. The van der Waals surface area contributed by atoms with Crippen molar-refractivity contribution in [2.75, 3.05) is 5.43 Å². The van der Waals surface area contributed by atoms with Gasteiger partial charge in [0.25, 0.3) is 6.20 Å². The lowest BCUT2D eigenvalue weighted by molar-refractivity contribution is -0.723. The quantitative estimate of drug-likeness (QED) is 0.745. The summed E-state index contributed by atoms with van der Waals surface area (Å²) in [5, 5.41) is 13.2. The Hall–Kier alpha value is -1.01. The molecule has 1 aliphatic carbocycles. The number of halogens is 1. The molecule has 0 amide bonds. The molecular weight excluding hydrogens is 220 g/mol. The molecule has 15 heavy (non-hydrogen) atoms. The number of aliphatic hydroxyl groups is 1. The third kappa shape index (κ3) is 2.97. The molecule has 86 valence electrons. The van der Waals surface area contributed by atoms with Crippen molar-refractivity contribution in [3.63, 3.8) is 0 Å². The van der Waals surface area contributed by atoms with Gasteiger partial charge in [-0.1, -0.05) is 12.8 Å². The van der Waals surface area contributed by atoms with Crippen LogP contribution in [0.4, 0.5) is 5.88 Å². The van der Waals surface area contributed by atoms with Crippen LogP contribution in [0.15, 0.2) is 10.7 Å². The SMILES string of the molecule is Cl.[NH-]c1c[n+](NC2CCCCC2O)no1. The Labute approximate surface area is 93.8 Å². The van der Waals surface area contributed by atoms with E-state index >= 15 is 0 Å². The van der Waals surface area contributed by atoms with Gasteiger partial charge in [-0.15, -0.1) is 12.4 Å². The van der Waals surface area contributed by atoms with E-state index in [0.717, 1.165) is 25.7 Å². The first-order valence-corrected chi connectivity index (χ1v) is 4.80. The van der Waals surface area contributed by atoms with Crippen LogP contribution in [0.1, 0.15) is 25.7 Å². The average Bonchev–Trinajstić information content (AvgIpc) is 2.56. The Bertz CT molecular complexity index is 307. The van der Waals surface area contributed by atoms with Gasteiger partial charge in [0.1, 0.15) is 11.9 Å². The molecule has 1 aliphatic rings. The topological polar surface area (TPSA) is 86.0 Å². The van der Waals surface area contributed by atoms with Crippen molar-refractivity contribution in [2.45, 2.75) is 37.8 Å². The summed E-state index contributed by atoms with van der Waals surface area (Å²) in [5.41, 5.74) is 10.1. The van der Waals surface area contributed by atoms with Crippen LogP contribution < -0.4 is 10.2 Å². The van der Waals surface area contributed by atoms with Gasteiger partial charge in [0.05, 0.1) is 10.9 Å². The smallest absolute Gasteiger partial charge is 0.256 e. The molecule has 0 saturated heterocycles. The normalized spacial score (nSPS) is 25.7. The van der Waals surface area contributed by atoms with Crippen LogP contribution in [0.2, 0.25) is 0 Å². The van der Waals surface area contributed by atoms with Crippen LogP contribution in [-0.4, -0.2) is 22.5 Å². The molecule has 1 heterocycles. The van der Waals surface area contributed by atoms with Gasteiger partial charge in [0.2, 0.25) is 5.27 Å². The van der Waals surface area contributed by atoms with Gasteiger partial charge in [-0.25, -0.2) is 0 Å². The molecule has 1 saturated carbocycles. The molecule has 0 aromatic carbocycles. The highest BCUT2D eigenvalue weighted by Gasteiger charge is 2.26. The van der Waals surface area contributed by atoms with Gasteiger partial charge in [-0.3, -0.25) is 0 Å². The number of nitrogens with one attached hydrogen (secondary N) is 2. The van der Waals surface area contributed by atoms with Gasteiger partial charge < -0.3 is 15.4 Å². The second-order valence-corrected chi connectivity index (χ2v) is 3.60. The van der Waals surface area contributed by atoms with Gasteiger partial charge in [-0.2, -0.15) is 5.43 Å². The lowest BCUT2D eigenvalue weighted by Gasteiger charge is -2.24. The third-order valence-corrected chi connectivity index (χ3v) is 2.49. The standard InChI is InChI=1S/C8H14N4O2.ClH/c9-8-5-12(11-14-8)10-6-3-1-2-4-7(6)13;/h5-7,9,13H,1-4H2,(H,10,11);1H. The Morgan fingerprint density at radius 2 is 2.27 bits per heavy atom. The molecule has 1 aromatic heterocycles. The Balaban J connectivity index is 0.00000112. The van der Waals surface area contributed by atoms with Crippen LogP contribution in [0, 0.1) is 0 Å². The first kappa shape index (κ1) is 12.1. The minimum absolute atomic E-state index is 0. The van der Waals surface area contributed by atoms with Gasteiger partial charge in [0.15, 0.2) is 0 Å². The van der Waals surface area contributed by atoms with E-state index in [9.17, 15) is 5.11 Å². The van der Waals surface area contributed by atoms with E-state index in [4.69, 9.17) is 5.73 Å². The molecule has 6 nitrogen and oxygen atoms in total. The fourth-order valence-corrected chi connectivity index (χ4v) is 1.74. The molecule has 0 radical (unpaired) electrons. The van der Waals surface area contributed by atoms with Crippen LogP contribution in [0.3, 0.4) is 0 Å². The molecule has 0 spiro atoms. The summed E-state index contributed by atoms with van der Waals surface area (Å²) in [6.45, 7) is 0. The van der Waals surface area contributed by atoms with Crippen LogP contribution in [-0.2, 0) is 0 Å². The molecule has 7 heteroatoms. The van der Waals surface area contributed by atoms with E-state index in [-0.39, 0.29) is 30.4 Å². The molecule has 0 bridgehead atoms. The molecule has 1 aromatic rings. The molecule has 1 fully saturated rings. The summed E-state index contributed by atoms with van der Waals surface area (Å²) in [6.07, 6.45) is 5.04. The number of hydrogen-bond acceptors (Lipinski definition) is 4. The van der Waals surface area contributed by atoms with Crippen LogP contribution in [0.5, 0.6) is 0 Å². The fourth-order valence-electron chi connectivity index (χ4n) is 1.74. The Morgan fingerprint density at radius 1 is 1.53 bits per heavy atom. The highest BCUT2D eigenvalue weighted by molar-refractivity contribution is 5.85. The molecule has 0 aliphatic heterocycles. The zero-order valence-corrected chi connectivity index (χ0v) is 9.04. The van der Waals surface area contributed by atoms with Crippen molar-refractivity contribution in [3.05, 3.63) is 11.9 Å². The zero-order valence-electron chi connectivity index (χ0n) is 8.22. The summed E-state index contributed by atoms with van der Waals surface area (Å²) >= 11 is 0. The summed E-state index contributed by atoms with van der Waals surface area (Å²) in [4.78, 5) is 1.35. The lowest BCUT2D eigenvalue weighted by Crippen LogP contribution is -2.55. The summed E-state index contributed by atoms with van der Waals surface area (Å²) in [7, 11) is 0. The molecule has 2 unspecified atom stereocenters. The maximum Gasteiger partial charge on any atom is 0.256 e. The fraction of sp³-hybridized carbons (Fsp3) is 0.750. The predicted octanol–water partition coefficient (Wildman–Crippen LogP) is 0.915. The van der Waals surface area contributed by atoms with Crippen molar-refractivity contribution in [1.29, 1.82) is 0 Å². The van der Waals surface area contributed by atoms with Crippen molar-refractivity contribution in [1.82, 2.24) is 5.27 Å². The highest BCUT2D eigenvalue weighted by atomic mass is 35.5.